The highest BCUT2D eigenvalue weighted by atomic mass is 15.2. The molecular weight excluding hydrogens is 246 g/mol. The number of hydrogen-bond donors (Lipinski definition) is 1. The van der Waals surface area contributed by atoms with Crippen LogP contribution in [0.5, 0.6) is 0 Å². The lowest BCUT2D eigenvalue weighted by atomic mass is 10.1. The lowest BCUT2D eigenvalue weighted by molar-refractivity contribution is 0.683. The lowest BCUT2D eigenvalue weighted by Crippen LogP contribution is -2.27. The molecule has 0 unspecified atom stereocenters. The van der Waals surface area contributed by atoms with E-state index in [4.69, 9.17) is 4.98 Å². The summed E-state index contributed by atoms with van der Waals surface area (Å²) in [4.78, 5) is 7.38. The molecule has 0 saturated heterocycles. The maximum atomic E-state index is 4.90. The average molecular weight is 273 g/mol. The van der Waals surface area contributed by atoms with Crippen molar-refractivity contribution in [3.8, 4) is 0 Å². The van der Waals surface area contributed by atoms with Crippen LogP contribution in [0.15, 0.2) is 12.1 Å². The first kappa shape index (κ1) is 13.9. The average Bonchev–Trinajstić information content (AvgIpc) is 3.31. The molecule has 0 aromatic carbocycles. The minimum Gasteiger partial charge on any atom is -0.354 e. The Kier molecular flexibility index (Phi) is 4.25. The largest absolute Gasteiger partial charge is 0.354 e. The predicted molar refractivity (Wildman–Crippen MR) is 84.1 cm³/mol. The Labute approximate surface area is 122 Å². The second-order valence-corrected chi connectivity index (χ2v) is 6.25. The molecule has 1 aromatic rings. The van der Waals surface area contributed by atoms with Crippen LogP contribution < -0.4 is 10.2 Å². The van der Waals surface area contributed by atoms with E-state index in [-0.39, 0.29) is 0 Å². The van der Waals surface area contributed by atoms with Gasteiger partial charge in [-0.25, -0.2) is 4.98 Å². The Morgan fingerprint density at radius 3 is 2.60 bits per heavy atom. The van der Waals surface area contributed by atoms with Crippen LogP contribution in [0, 0.1) is 0 Å². The number of aromatic nitrogens is 1. The number of hydrogen-bond acceptors (Lipinski definition) is 3. The van der Waals surface area contributed by atoms with E-state index in [1.165, 1.54) is 49.2 Å². The van der Waals surface area contributed by atoms with Crippen LogP contribution in [0.25, 0.3) is 0 Å². The van der Waals surface area contributed by atoms with Gasteiger partial charge in [0.15, 0.2) is 0 Å². The van der Waals surface area contributed by atoms with Gasteiger partial charge in [0.1, 0.15) is 5.82 Å². The van der Waals surface area contributed by atoms with Gasteiger partial charge in [0, 0.05) is 30.9 Å². The molecule has 2 fully saturated rings. The van der Waals surface area contributed by atoms with E-state index in [1.807, 2.05) is 0 Å². The minimum absolute atomic E-state index is 0.744. The van der Waals surface area contributed by atoms with E-state index in [0.717, 1.165) is 31.6 Å². The molecule has 0 radical (unpaired) electrons. The normalized spacial score (nSPS) is 18.3. The van der Waals surface area contributed by atoms with Gasteiger partial charge in [-0.1, -0.05) is 13.3 Å². The van der Waals surface area contributed by atoms with E-state index in [9.17, 15) is 0 Å². The van der Waals surface area contributed by atoms with Gasteiger partial charge < -0.3 is 10.2 Å². The van der Waals surface area contributed by atoms with Crippen molar-refractivity contribution in [1.82, 2.24) is 10.3 Å². The molecule has 1 heterocycles. The highest BCUT2D eigenvalue weighted by molar-refractivity contribution is 5.45. The summed E-state index contributed by atoms with van der Waals surface area (Å²) in [5, 5.41) is 3.62. The highest BCUT2D eigenvalue weighted by Crippen LogP contribution is 2.31. The molecule has 3 rings (SSSR count). The van der Waals surface area contributed by atoms with Gasteiger partial charge >= 0.3 is 0 Å². The van der Waals surface area contributed by atoms with E-state index in [0.29, 0.717) is 0 Å². The summed E-state index contributed by atoms with van der Waals surface area (Å²) in [5.41, 5.74) is 2.67. The third-order valence-corrected chi connectivity index (χ3v) is 4.23. The topological polar surface area (TPSA) is 28.2 Å². The zero-order valence-corrected chi connectivity index (χ0v) is 12.9. The molecule has 0 aliphatic heterocycles. The minimum atomic E-state index is 0.744. The highest BCUT2D eigenvalue weighted by Gasteiger charge is 2.29. The van der Waals surface area contributed by atoms with Crippen molar-refractivity contribution in [3.63, 3.8) is 0 Å². The first-order valence-corrected chi connectivity index (χ1v) is 8.30. The molecular formula is C17H27N3. The summed E-state index contributed by atoms with van der Waals surface area (Å²) in [6.45, 7) is 6.55. The fourth-order valence-corrected chi connectivity index (χ4v) is 2.81. The number of nitrogens with one attached hydrogen (secondary N) is 1. The maximum Gasteiger partial charge on any atom is 0.129 e. The van der Waals surface area contributed by atoms with Gasteiger partial charge in [0.2, 0.25) is 0 Å². The van der Waals surface area contributed by atoms with Crippen LogP contribution in [0.2, 0.25) is 0 Å². The molecule has 20 heavy (non-hydrogen) atoms. The van der Waals surface area contributed by atoms with Crippen molar-refractivity contribution in [2.45, 2.75) is 71.0 Å². The van der Waals surface area contributed by atoms with Gasteiger partial charge in [-0.15, -0.1) is 0 Å². The molecule has 2 saturated carbocycles. The smallest absolute Gasteiger partial charge is 0.129 e. The molecule has 0 atom stereocenters. The first-order chi connectivity index (χ1) is 9.80. The summed E-state index contributed by atoms with van der Waals surface area (Å²) in [7, 11) is 0. The van der Waals surface area contributed by atoms with Crippen LogP contribution in [-0.2, 0) is 13.0 Å². The summed E-state index contributed by atoms with van der Waals surface area (Å²) in [6.07, 6.45) is 7.63. The van der Waals surface area contributed by atoms with Gasteiger partial charge in [0.25, 0.3) is 0 Å². The first-order valence-electron chi connectivity index (χ1n) is 8.30. The molecule has 0 spiro atoms. The Balaban J connectivity index is 1.78. The molecule has 0 amide bonds. The summed E-state index contributed by atoms with van der Waals surface area (Å²) >= 11 is 0. The Bertz CT molecular complexity index is 450. The third-order valence-electron chi connectivity index (χ3n) is 4.23. The lowest BCUT2D eigenvalue weighted by Gasteiger charge is -2.23. The molecule has 3 heteroatoms. The van der Waals surface area contributed by atoms with Crippen molar-refractivity contribution in [3.05, 3.63) is 23.4 Å². The number of nitrogens with zero attached hydrogens (tertiary/aromatic N) is 2. The molecule has 1 N–H and O–H groups in total. The quantitative estimate of drug-likeness (QED) is 0.788. The maximum absolute atomic E-state index is 4.90. The fraction of sp³-hybridized carbons (Fsp3) is 0.706. The number of anilines is 1. The summed E-state index contributed by atoms with van der Waals surface area (Å²) in [5.74, 6) is 1.20. The van der Waals surface area contributed by atoms with E-state index in [2.05, 4.69) is 36.2 Å². The van der Waals surface area contributed by atoms with Crippen molar-refractivity contribution in [2.24, 2.45) is 0 Å². The summed E-state index contributed by atoms with van der Waals surface area (Å²) < 4.78 is 0. The number of aryl methyl sites for hydroxylation is 1. The van der Waals surface area contributed by atoms with Crippen molar-refractivity contribution in [2.75, 3.05) is 11.4 Å². The monoisotopic (exact) mass is 273 g/mol. The fourth-order valence-electron chi connectivity index (χ4n) is 2.81. The second-order valence-electron chi connectivity index (χ2n) is 6.25. The molecule has 3 nitrogen and oxygen atoms in total. The van der Waals surface area contributed by atoms with Crippen LogP contribution in [0.1, 0.15) is 57.2 Å². The number of rotatable bonds is 8. The van der Waals surface area contributed by atoms with Crippen LogP contribution in [-0.4, -0.2) is 23.6 Å². The SMILES string of the molecule is CCCc1cc(CNC2CC2)cc(N(CC)C2CC2)n1. The van der Waals surface area contributed by atoms with Gasteiger partial charge in [0.05, 0.1) is 0 Å². The number of pyridine rings is 1. The summed E-state index contributed by atoms with van der Waals surface area (Å²) in [6, 6.07) is 6.11. The van der Waals surface area contributed by atoms with Crippen molar-refractivity contribution in [1.29, 1.82) is 0 Å². The van der Waals surface area contributed by atoms with E-state index >= 15 is 0 Å². The molecule has 1 aromatic heterocycles. The third kappa shape index (κ3) is 3.51. The molecule has 110 valence electrons. The Morgan fingerprint density at radius 2 is 2.00 bits per heavy atom. The second kappa shape index (κ2) is 6.13. The van der Waals surface area contributed by atoms with Crippen LogP contribution >= 0.6 is 0 Å². The Morgan fingerprint density at radius 1 is 1.20 bits per heavy atom. The zero-order chi connectivity index (χ0) is 13.9. The molecule has 2 aliphatic rings. The van der Waals surface area contributed by atoms with Crippen molar-refractivity contribution < 1.29 is 0 Å². The van der Waals surface area contributed by atoms with Crippen LogP contribution in [0.4, 0.5) is 5.82 Å². The molecule has 0 bridgehead atoms. The van der Waals surface area contributed by atoms with Gasteiger partial charge in [-0.3, -0.25) is 0 Å². The van der Waals surface area contributed by atoms with E-state index < -0.39 is 0 Å². The van der Waals surface area contributed by atoms with Gasteiger partial charge in [-0.2, -0.15) is 0 Å². The molecule has 2 aliphatic carbocycles. The predicted octanol–water partition coefficient (Wildman–Crippen LogP) is 3.27. The zero-order valence-electron chi connectivity index (χ0n) is 12.9. The standard InChI is InChI=1S/C17H27N3/c1-3-5-15-10-13(12-18-14-6-7-14)11-17(19-15)20(4-2)16-8-9-16/h10-11,14,16,18H,3-9,12H2,1-2H3. The van der Waals surface area contributed by atoms with Crippen molar-refractivity contribution >= 4 is 5.82 Å². The van der Waals surface area contributed by atoms with Gasteiger partial charge in [-0.05, 0) is 56.7 Å². The Hall–Kier alpha value is -1.09. The van der Waals surface area contributed by atoms with E-state index in [1.54, 1.807) is 0 Å². The van der Waals surface area contributed by atoms with Crippen LogP contribution in [0.3, 0.4) is 0 Å².